The van der Waals surface area contributed by atoms with Crippen LogP contribution in [0.4, 0.5) is 4.79 Å². The molecular weight excluding hydrogens is 234 g/mol. The number of carbonyl (C=O) groups excluding carboxylic acids is 3. The number of barbiturate groups is 1. The number of amides is 4. The van der Waals surface area contributed by atoms with Gasteiger partial charge in [-0.3, -0.25) is 19.8 Å². The van der Waals surface area contributed by atoms with Crippen LogP contribution in [0.1, 0.15) is 26.7 Å². The van der Waals surface area contributed by atoms with Gasteiger partial charge < -0.3 is 4.90 Å². The summed E-state index contributed by atoms with van der Waals surface area (Å²) in [6, 6.07) is -0.607. The van der Waals surface area contributed by atoms with Gasteiger partial charge in [-0.25, -0.2) is 4.79 Å². The van der Waals surface area contributed by atoms with Crippen LogP contribution < -0.4 is 5.32 Å². The van der Waals surface area contributed by atoms with E-state index in [9.17, 15) is 14.4 Å². The van der Waals surface area contributed by atoms with Crippen molar-refractivity contribution in [2.45, 2.75) is 26.7 Å². The Labute approximate surface area is 107 Å². The van der Waals surface area contributed by atoms with E-state index in [1.165, 1.54) is 0 Å². The molecule has 0 spiro atoms. The third kappa shape index (κ3) is 2.38. The molecule has 18 heavy (non-hydrogen) atoms. The van der Waals surface area contributed by atoms with E-state index in [4.69, 9.17) is 0 Å². The van der Waals surface area contributed by atoms with Gasteiger partial charge in [0, 0.05) is 13.1 Å². The molecule has 6 heteroatoms. The number of likely N-dealkylation sites (N-methyl/N-ethyl adjacent to an activating group) is 1. The maximum absolute atomic E-state index is 12.4. The Hall–Kier alpha value is -1.43. The van der Waals surface area contributed by atoms with Crippen LogP contribution in [0.15, 0.2) is 0 Å². The average molecular weight is 255 g/mol. The van der Waals surface area contributed by atoms with Gasteiger partial charge in [-0.2, -0.15) is 0 Å². The first-order chi connectivity index (χ1) is 8.39. The standard InChI is InChI=1S/C12H21N3O3/c1-5-12(6-2)9(16)13-11(18)15(10(12)17)8-7-14(3)4/h5-8H2,1-4H3,(H,13,16,18). The topological polar surface area (TPSA) is 69.7 Å². The van der Waals surface area contributed by atoms with Crippen LogP contribution in [0.5, 0.6) is 0 Å². The molecule has 0 atom stereocenters. The molecule has 102 valence electrons. The number of urea groups is 1. The third-order valence-electron chi connectivity index (χ3n) is 3.53. The Balaban J connectivity index is 2.95. The van der Waals surface area contributed by atoms with Gasteiger partial charge in [0.15, 0.2) is 0 Å². The van der Waals surface area contributed by atoms with Gasteiger partial charge in [-0.15, -0.1) is 0 Å². The molecule has 1 fully saturated rings. The second kappa shape index (κ2) is 5.48. The van der Waals surface area contributed by atoms with Crippen LogP contribution in [0, 0.1) is 5.41 Å². The lowest BCUT2D eigenvalue weighted by atomic mass is 9.78. The number of nitrogens with zero attached hydrogens (tertiary/aromatic N) is 2. The van der Waals surface area contributed by atoms with Crippen LogP contribution in [-0.2, 0) is 9.59 Å². The quantitative estimate of drug-likeness (QED) is 0.723. The van der Waals surface area contributed by atoms with Crippen LogP contribution in [0.25, 0.3) is 0 Å². The van der Waals surface area contributed by atoms with Gasteiger partial charge in [-0.05, 0) is 26.9 Å². The second-order valence-corrected chi connectivity index (χ2v) is 4.81. The minimum absolute atomic E-state index is 0.298. The summed E-state index contributed by atoms with van der Waals surface area (Å²) in [5.74, 6) is -0.841. The Morgan fingerprint density at radius 3 is 2.17 bits per heavy atom. The summed E-state index contributed by atoms with van der Waals surface area (Å²) in [7, 11) is 3.73. The molecule has 1 heterocycles. The third-order valence-corrected chi connectivity index (χ3v) is 3.53. The maximum Gasteiger partial charge on any atom is 0.330 e. The van der Waals surface area contributed by atoms with Crippen molar-refractivity contribution >= 4 is 17.8 Å². The van der Waals surface area contributed by atoms with Gasteiger partial charge in [0.05, 0.1) is 0 Å². The molecule has 0 unspecified atom stereocenters. The number of imide groups is 2. The van der Waals surface area contributed by atoms with Crippen LogP contribution in [0.3, 0.4) is 0 Å². The number of nitrogens with one attached hydrogen (secondary N) is 1. The molecule has 0 bridgehead atoms. The molecule has 0 aromatic carbocycles. The SMILES string of the molecule is CCC1(CC)C(=O)NC(=O)N(CCN(C)C)C1=O. The van der Waals surface area contributed by atoms with Gasteiger partial charge in [0.1, 0.15) is 5.41 Å². The monoisotopic (exact) mass is 255 g/mol. The predicted molar refractivity (Wildman–Crippen MR) is 66.8 cm³/mol. The summed E-state index contributed by atoms with van der Waals surface area (Å²) < 4.78 is 0. The molecule has 0 saturated carbocycles. The Bertz CT molecular complexity index is 362. The lowest BCUT2D eigenvalue weighted by Gasteiger charge is -2.38. The molecule has 1 saturated heterocycles. The number of hydrogen-bond acceptors (Lipinski definition) is 4. The number of hydrogen-bond donors (Lipinski definition) is 1. The molecule has 1 N–H and O–H groups in total. The molecule has 0 aromatic heterocycles. The van der Waals surface area contributed by atoms with Crippen molar-refractivity contribution in [3.8, 4) is 0 Å². The molecule has 0 aliphatic carbocycles. The molecule has 1 rings (SSSR count). The highest BCUT2D eigenvalue weighted by atomic mass is 16.2. The zero-order valence-electron chi connectivity index (χ0n) is 11.4. The fourth-order valence-electron chi connectivity index (χ4n) is 2.11. The van der Waals surface area contributed by atoms with Crippen LogP contribution >= 0.6 is 0 Å². The van der Waals surface area contributed by atoms with E-state index in [2.05, 4.69) is 5.32 Å². The largest absolute Gasteiger partial charge is 0.330 e. The minimum atomic E-state index is -1.08. The molecule has 0 aromatic rings. The maximum atomic E-state index is 12.4. The summed E-state index contributed by atoms with van der Waals surface area (Å²) >= 11 is 0. The fourth-order valence-corrected chi connectivity index (χ4v) is 2.11. The zero-order valence-corrected chi connectivity index (χ0v) is 11.4. The van der Waals surface area contributed by atoms with E-state index in [1.807, 2.05) is 19.0 Å². The lowest BCUT2D eigenvalue weighted by Crippen LogP contribution is -2.64. The zero-order chi connectivity index (χ0) is 13.9. The molecule has 1 aliphatic heterocycles. The normalized spacial score (nSPS) is 19.4. The molecule has 0 radical (unpaired) electrons. The van der Waals surface area contributed by atoms with Crippen molar-refractivity contribution in [2.24, 2.45) is 5.41 Å². The first-order valence-corrected chi connectivity index (χ1v) is 6.21. The number of rotatable bonds is 5. The van der Waals surface area contributed by atoms with Crippen molar-refractivity contribution in [2.75, 3.05) is 27.2 Å². The van der Waals surface area contributed by atoms with E-state index in [0.717, 1.165) is 4.90 Å². The Morgan fingerprint density at radius 1 is 1.17 bits per heavy atom. The van der Waals surface area contributed by atoms with Crippen molar-refractivity contribution in [1.82, 2.24) is 15.1 Å². The minimum Gasteiger partial charge on any atom is -0.308 e. The summed E-state index contributed by atoms with van der Waals surface area (Å²) in [6.45, 7) is 4.46. The van der Waals surface area contributed by atoms with E-state index >= 15 is 0 Å². The second-order valence-electron chi connectivity index (χ2n) is 4.81. The summed E-state index contributed by atoms with van der Waals surface area (Å²) in [4.78, 5) is 39.0. The molecular formula is C12H21N3O3. The van der Waals surface area contributed by atoms with Crippen molar-refractivity contribution in [3.63, 3.8) is 0 Å². The van der Waals surface area contributed by atoms with E-state index < -0.39 is 17.4 Å². The Morgan fingerprint density at radius 2 is 1.72 bits per heavy atom. The van der Waals surface area contributed by atoms with E-state index in [0.29, 0.717) is 25.9 Å². The molecule has 4 amide bonds. The fraction of sp³-hybridized carbons (Fsp3) is 0.750. The summed E-state index contributed by atoms with van der Waals surface area (Å²) in [6.07, 6.45) is 0.805. The van der Waals surface area contributed by atoms with Crippen LogP contribution in [0.2, 0.25) is 0 Å². The lowest BCUT2D eigenvalue weighted by molar-refractivity contribution is -0.152. The van der Waals surface area contributed by atoms with Crippen molar-refractivity contribution in [1.29, 1.82) is 0 Å². The highest BCUT2D eigenvalue weighted by Crippen LogP contribution is 2.32. The van der Waals surface area contributed by atoms with Gasteiger partial charge in [0.2, 0.25) is 11.8 Å². The highest BCUT2D eigenvalue weighted by molar-refractivity contribution is 6.19. The predicted octanol–water partition coefficient (Wildman–Crippen LogP) is 0.433. The van der Waals surface area contributed by atoms with E-state index in [-0.39, 0.29) is 5.91 Å². The van der Waals surface area contributed by atoms with E-state index in [1.54, 1.807) is 13.8 Å². The van der Waals surface area contributed by atoms with Gasteiger partial charge in [0.25, 0.3) is 0 Å². The molecule has 6 nitrogen and oxygen atoms in total. The smallest absolute Gasteiger partial charge is 0.308 e. The number of carbonyl (C=O) groups is 3. The first-order valence-electron chi connectivity index (χ1n) is 6.21. The van der Waals surface area contributed by atoms with Gasteiger partial charge >= 0.3 is 6.03 Å². The Kier molecular flexibility index (Phi) is 4.45. The van der Waals surface area contributed by atoms with Crippen molar-refractivity contribution < 1.29 is 14.4 Å². The van der Waals surface area contributed by atoms with Gasteiger partial charge in [-0.1, -0.05) is 13.8 Å². The summed E-state index contributed by atoms with van der Waals surface area (Å²) in [5, 5.41) is 2.28. The molecule has 1 aliphatic rings. The van der Waals surface area contributed by atoms with Crippen LogP contribution in [-0.4, -0.2) is 54.8 Å². The first kappa shape index (κ1) is 14.6. The average Bonchev–Trinajstić information content (AvgIpc) is 2.29. The summed E-state index contributed by atoms with van der Waals surface area (Å²) in [5.41, 5.74) is -1.08. The highest BCUT2D eigenvalue weighted by Gasteiger charge is 2.51. The van der Waals surface area contributed by atoms with Crippen molar-refractivity contribution in [3.05, 3.63) is 0 Å².